The second-order valence-corrected chi connectivity index (χ2v) is 15.4. The maximum Gasteiger partial charge on any atom is 0.123 e. The van der Waals surface area contributed by atoms with Crippen LogP contribution in [0.1, 0.15) is 47.2 Å². The van der Waals surface area contributed by atoms with Gasteiger partial charge in [-0.3, -0.25) is 0 Å². The number of para-hydroxylation sites is 1. The first kappa shape index (κ1) is 31.1. The van der Waals surface area contributed by atoms with Gasteiger partial charge < -0.3 is 4.90 Å². The average Bonchev–Trinajstić information content (AvgIpc) is 3.69. The lowest BCUT2D eigenvalue weighted by Gasteiger charge is -2.42. The number of nitrogens with zero attached hydrogens (tertiary/aromatic N) is 1. The lowest BCUT2D eigenvalue weighted by atomic mass is 9.70. The van der Waals surface area contributed by atoms with E-state index in [1.54, 1.807) is 12.1 Å². The fraction of sp³-hybridized carbons (Fsp3) is 0.0769. The number of hydrogen-bond acceptors (Lipinski definition) is 1. The maximum absolute atomic E-state index is 14.3. The van der Waals surface area contributed by atoms with Crippen LogP contribution in [0.25, 0.3) is 44.5 Å². The second-order valence-electron chi connectivity index (χ2n) is 15.4. The Labute approximate surface area is 315 Å². The van der Waals surface area contributed by atoms with Gasteiger partial charge in [-0.1, -0.05) is 153 Å². The van der Waals surface area contributed by atoms with Crippen molar-refractivity contribution in [1.29, 1.82) is 0 Å². The third-order valence-electron chi connectivity index (χ3n) is 12.3. The summed E-state index contributed by atoms with van der Waals surface area (Å²) in [6.07, 6.45) is 0. The third kappa shape index (κ3) is 4.08. The molecule has 54 heavy (non-hydrogen) atoms. The smallest absolute Gasteiger partial charge is 0.123 e. The van der Waals surface area contributed by atoms with Gasteiger partial charge in [0.05, 0.1) is 16.8 Å². The minimum Gasteiger partial charge on any atom is -0.310 e. The van der Waals surface area contributed by atoms with Gasteiger partial charge in [0.1, 0.15) is 5.82 Å². The summed E-state index contributed by atoms with van der Waals surface area (Å²) in [5.41, 5.74) is 20.1. The molecule has 0 radical (unpaired) electrons. The molecule has 0 amide bonds. The zero-order chi connectivity index (χ0) is 36.2. The average molecular weight is 694 g/mol. The lowest BCUT2D eigenvalue weighted by molar-refractivity contribution is 0.628. The molecule has 0 bridgehead atoms. The van der Waals surface area contributed by atoms with Crippen LogP contribution in [0.5, 0.6) is 0 Å². The van der Waals surface area contributed by atoms with Crippen molar-refractivity contribution in [3.05, 3.63) is 221 Å². The van der Waals surface area contributed by atoms with E-state index in [2.05, 4.69) is 176 Å². The summed E-state index contributed by atoms with van der Waals surface area (Å²) in [6.45, 7) is 4.71. The fourth-order valence-electron chi connectivity index (χ4n) is 9.98. The quantitative estimate of drug-likeness (QED) is 0.178. The van der Waals surface area contributed by atoms with Crippen LogP contribution in [0.15, 0.2) is 182 Å². The SMILES string of the molecule is CC1(C)c2ccccc2N(c2ccc3c(c2)C2(c4ccccc4-c4ccccc42)c2cccc(-c4ccc(F)cc4)c2-3)c2ccc(-c3ccccc3)cc21. The Morgan fingerprint density at radius 3 is 1.72 bits per heavy atom. The Morgan fingerprint density at radius 2 is 0.981 bits per heavy atom. The molecule has 0 atom stereocenters. The standard InChI is InChI=1S/C52H36FN/c1-51(2)44-20-10-11-22-48(44)54(49-30-25-35(31-47(49)51)33-13-4-3-5-14-33)37-28-29-41-46(32-37)52(42-18-8-6-15-39(42)40-16-7-9-19-43(40)52)45-21-12-17-38(50(41)45)34-23-26-36(53)27-24-34/h3-32H,1-2H3. The Morgan fingerprint density at radius 1 is 0.389 bits per heavy atom. The van der Waals surface area contributed by atoms with Crippen molar-refractivity contribution >= 4 is 17.1 Å². The molecule has 8 aromatic rings. The molecule has 1 aliphatic heterocycles. The van der Waals surface area contributed by atoms with Gasteiger partial charge >= 0.3 is 0 Å². The Balaban J connectivity index is 1.21. The van der Waals surface area contributed by atoms with E-state index in [0.717, 1.165) is 16.8 Å². The highest BCUT2D eigenvalue weighted by molar-refractivity contribution is 6.01. The van der Waals surface area contributed by atoms with E-state index in [0.29, 0.717) is 0 Å². The summed E-state index contributed by atoms with van der Waals surface area (Å²) >= 11 is 0. The minimum atomic E-state index is -0.529. The van der Waals surface area contributed by atoms with Crippen LogP contribution >= 0.6 is 0 Å². The molecule has 256 valence electrons. The Hall–Kier alpha value is -6.51. The predicted octanol–water partition coefficient (Wildman–Crippen LogP) is 13.6. The number of fused-ring (bicyclic) bond motifs is 12. The van der Waals surface area contributed by atoms with E-state index in [1.165, 1.54) is 78.1 Å². The van der Waals surface area contributed by atoms with Gasteiger partial charge in [0, 0.05) is 11.1 Å². The molecule has 2 aliphatic carbocycles. The molecule has 0 N–H and O–H groups in total. The van der Waals surface area contributed by atoms with E-state index >= 15 is 0 Å². The van der Waals surface area contributed by atoms with Crippen LogP contribution in [0.2, 0.25) is 0 Å². The van der Waals surface area contributed by atoms with Crippen LogP contribution < -0.4 is 4.90 Å². The summed E-state index contributed by atoms with van der Waals surface area (Å²) < 4.78 is 14.3. The third-order valence-corrected chi connectivity index (χ3v) is 12.3. The first-order chi connectivity index (χ1) is 26.5. The van der Waals surface area contributed by atoms with Crippen LogP contribution in [-0.4, -0.2) is 0 Å². The van der Waals surface area contributed by atoms with Crippen LogP contribution in [0.3, 0.4) is 0 Å². The Kier molecular flexibility index (Phi) is 6.47. The number of rotatable bonds is 3. The van der Waals surface area contributed by atoms with Gasteiger partial charge in [0.2, 0.25) is 0 Å². The molecule has 1 heterocycles. The maximum atomic E-state index is 14.3. The molecule has 0 saturated carbocycles. The molecular formula is C52H36FN. The van der Waals surface area contributed by atoms with Gasteiger partial charge in [0.15, 0.2) is 0 Å². The zero-order valence-corrected chi connectivity index (χ0v) is 30.1. The molecule has 1 spiro atoms. The second kappa shape index (κ2) is 11.2. The molecule has 0 fully saturated rings. The van der Waals surface area contributed by atoms with Crippen LogP contribution in [-0.2, 0) is 10.8 Å². The van der Waals surface area contributed by atoms with Crippen molar-refractivity contribution in [2.75, 3.05) is 4.90 Å². The molecule has 1 nitrogen and oxygen atoms in total. The molecule has 3 aliphatic rings. The normalized spacial score (nSPS) is 14.8. The van der Waals surface area contributed by atoms with Crippen molar-refractivity contribution in [2.24, 2.45) is 0 Å². The number of anilines is 3. The number of hydrogen-bond donors (Lipinski definition) is 0. The highest BCUT2D eigenvalue weighted by Crippen LogP contribution is 2.65. The summed E-state index contributed by atoms with van der Waals surface area (Å²) in [5.74, 6) is -0.229. The molecule has 0 aromatic heterocycles. The summed E-state index contributed by atoms with van der Waals surface area (Å²) in [4.78, 5) is 2.48. The summed E-state index contributed by atoms with van der Waals surface area (Å²) in [5, 5.41) is 0. The zero-order valence-electron chi connectivity index (χ0n) is 30.1. The van der Waals surface area contributed by atoms with E-state index in [1.807, 2.05) is 12.1 Å². The van der Waals surface area contributed by atoms with Crippen molar-refractivity contribution in [3.8, 4) is 44.5 Å². The van der Waals surface area contributed by atoms with Crippen molar-refractivity contribution < 1.29 is 4.39 Å². The highest BCUT2D eigenvalue weighted by atomic mass is 19.1. The molecule has 0 saturated heterocycles. The van der Waals surface area contributed by atoms with Gasteiger partial charge in [-0.15, -0.1) is 0 Å². The Bertz CT molecular complexity index is 2770. The van der Waals surface area contributed by atoms with Gasteiger partial charge in [-0.2, -0.15) is 0 Å². The largest absolute Gasteiger partial charge is 0.310 e. The van der Waals surface area contributed by atoms with Crippen LogP contribution in [0.4, 0.5) is 21.5 Å². The highest BCUT2D eigenvalue weighted by Gasteiger charge is 2.52. The van der Waals surface area contributed by atoms with E-state index in [9.17, 15) is 4.39 Å². The summed E-state index contributed by atoms with van der Waals surface area (Å²) in [6, 6.07) is 65.2. The van der Waals surface area contributed by atoms with Crippen molar-refractivity contribution in [3.63, 3.8) is 0 Å². The number of halogens is 1. The fourth-order valence-corrected chi connectivity index (χ4v) is 9.98. The molecule has 8 aromatic carbocycles. The monoisotopic (exact) mass is 693 g/mol. The van der Waals surface area contributed by atoms with Gasteiger partial charge in [0.25, 0.3) is 0 Å². The van der Waals surface area contributed by atoms with E-state index in [-0.39, 0.29) is 11.2 Å². The minimum absolute atomic E-state index is 0.213. The number of benzene rings is 8. The summed E-state index contributed by atoms with van der Waals surface area (Å²) in [7, 11) is 0. The van der Waals surface area contributed by atoms with Crippen molar-refractivity contribution in [1.82, 2.24) is 0 Å². The van der Waals surface area contributed by atoms with Gasteiger partial charge in [-0.25, -0.2) is 4.39 Å². The van der Waals surface area contributed by atoms with Crippen LogP contribution in [0, 0.1) is 5.82 Å². The molecule has 11 rings (SSSR count). The van der Waals surface area contributed by atoms with Crippen molar-refractivity contribution in [2.45, 2.75) is 24.7 Å². The molecule has 2 heteroatoms. The first-order valence-corrected chi connectivity index (χ1v) is 18.8. The van der Waals surface area contributed by atoms with E-state index in [4.69, 9.17) is 0 Å². The predicted molar refractivity (Wildman–Crippen MR) is 220 cm³/mol. The first-order valence-electron chi connectivity index (χ1n) is 18.8. The molecule has 0 unspecified atom stereocenters. The van der Waals surface area contributed by atoms with E-state index < -0.39 is 5.41 Å². The topological polar surface area (TPSA) is 3.24 Å². The van der Waals surface area contributed by atoms with Gasteiger partial charge in [-0.05, 0) is 120 Å². The lowest BCUT2D eigenvalue weighted by Crippen LogP contribution is -2.31. The molecular weight excluding hydrogens is 658 g/mol.